The van der Waals surface area contributed by atoms with Crippen molar-refractivity contribution < 1.29 is 9.21 Å². The zero-order valence-corrected chi connectivity index (χ0v) is 18.2. The van der Waals surface area contributed by atoms with Crippen molar-refractivity contribution in [1.29, 1.82) is 0 Å². The average molecular weight is 416 g/mol. The van der Waals surface area contributed by atoms with E-state index in [0.717, 1.165) is 45.2 Å². The number of nitrogens with one attached hydrogen (secondary N) is 1. The maximum Gasteiger partial charge on any atom is 0.265 e. The first-order chi connectivity index (χ1) is 14.5. The molecule has 2 fully saturated rings. The highest BCUT2D eigenvalue weighted by Crippen LogP contribution is 2.23. The van der Waals surface area contributed by atoms with Gasteiger partial charge in [0.1, 0.15) is 17.5 Å². The summed E-state index contributed by atoms with van der Waals surface area (Å²) in [6.07, 6.45) is 9.21. The molecule has 2 aromatic rings. The Balaban J connectivity index is 1.24. The molecular formula is C22H33N5O3. The van der Waals surface area contributed by atoms with Crippen LogP contribution in [0.25, 0.3) is 11.1 Å². The summed E-state index contributed by atoms with van der Waals surface area (Å²) in [5.41, 5.74) is 0.259. The largest absolute Gasteiger partial charge is 0.442 e. The second kappa shape index (κ2) is 9.31. The van der Waals surface area contributed by atoms with Gasteiger partial charge in [-0.3, -0.25) is 14.5 Å². The SMILES string of the molecule is Cc1oc2ncn(C)c(=O)c2c1C(=O)NCCCN1CCN(C2CCCCC2)CC1. The van der Waals surface area contributed by atoms with Gasteiger partial charge in [-0.25, -0.2) is 4.98 Å². The van der Waals surface area contributed by atoms with Crippen molar-refractivity contribution in [2.75, 3.05) is 39.3 Å². The van der Waals surface area contributed by atoms with Gasteiger partial charge in [-0.15, -0.1) is 0 Å². The van der Waals surface area contributed by atoms with E-state index in [1.807, 2.05) is 0 Å². The van der Waals surface area contributed by atoms with Gasteiger partial charge in [-0.05, 0) is 32.7 Å². The van der Waals surface area contributed by atoms with Crippen LogP contribution in [0.2, 0.25) is 0 Å². The van der Waals surface area contributed by atoms with E-state index in [-0.39, 0.29) is 22.6 Å². The number of nitrogens with zero attached hydrogens (tertiary/aromatic N) is 4. The second-order valence-corrected chi connectivity index (χ2v) is 8.65. The van der Waals surface area contributed by atoms with E-state index in [1.54, 1.807) is 14.0 Å². The van der Waals surface area contributed by atoms with Crippen LogP contribution in [0.4, 0.5) is 0 Å². The van der Waals surface area contributed by atoms with Gasteiger partial charge in [-0.1, -0.05) is 19.3 Å². The van der Waals surface area contributed by atoms with E-state index in [0.29, 0.717) is 17.9 Å². The number of hydrogen-bond donors (Lipinski definition) is 1. The first-order valence-corrected chi connectivity index (χ1v) is 11.2. The van der Waals surface area contributed by atoms with Gasteiger partial charge in [0.15, 0.2) is 0 Å². The van der Waals surface area contributed by atoms with Gasteiger partial charge in [0, 0.05) is 45.8 Å². The molecule has 2 aromatic heterocycles. The Morgan fingerprint density at radius 1 is 1.20 bits per heavy atom. The normalized spacial score (nSPS) is 19.4. The third-order valence-electron chi connectivity index (χ3n) is 6.61. The Hall–Kier alpha value is -2.19. The molecule has 1 N–H and O–H groups in total. The third kappa shape index (κ3) is 4.44. The summed E-state index contributed by atoms with van der Waals surface area (Å²) >= 11 is 0. The lowest BCUT2D eigenvalue weighted by molar-refractivity contribution is 0.0779. The van der Waals surface area contributed by atoms with Crippen LogP contribution in [-0.4, -0.2) is 70.6 Å². The molecule has 8 heteroatoms. The van der Waals surface area contributed by atoms with Gasteiger partial charge >= 0.3 is 0 Å². The van der Waals surface area contributed by atoms with Crippen LogP contribution in [0.15, 0.2) is 15.5 Å². The van der Waals surface area contributed by atoms with Crippen LogP contribution in [0.5, 0.6) is 0 Å². The lowest BCUT2D eigenvalue weighted by Gasteiger charge is -2.40. The molecule has 0 atom stereocenters. The fourth-order valence-electron chi connectivity index (χ4n) is 4.85. The molecule has 0 spiro atoms. The fraction of sp³-hybridized carbons (Fsp3) is 0.682. The number of fused-ring (bicyclic) bond motifs is 1. The Bertz CT molecular complexity index is 936. The summed E-state index contributed by atoms with van der Waals surface area (Å²) in [5, 5.41) is 3.21. The number of amides is 1. The van der Waals surface area contributed by atoms with Gasteiger partial charge in [0.2, 0.25) is 5.71 Å². The molecule has 1 saturated carbocycles. The number of aromatic nitrogens is 2. The topological polar surface area (TPSA) is 83.6 Å². The Morgan fingerprint density at radius 2 is 1.93 bits per heavy atom. The zero-order valence-electron chi connectivity index (χ0n) is 18.2. The molecule has 2 aliphatic rings. The van der Waals surface area contributed by atoms with Crippen molar-refractivity contribution in [3.05, 3.63) is 28.0 Å². The molecule has 1 aliphatic carbocycles. The van der Waals surface area contributed by atoms with Gasteiger partial charge in [0.05, 0.1) is 5.56 Å². The van der Waals surface area contributed by atoms with Crippen molar-refractivity contribution in [2.24, 2.45) is 7.05 Å². The van der Waals surface area contributed by atoms with Crippen LogP contribution in [0.3, 0.4) is 0 Å². The van der Waals surface area contributed by atoms with Crippen LogP contribution < -0.4 is 10.9 Å². The maximum atomic E-state index is 12.7. The Morgan fingerprint density at radius 3 is 2.67 bits per heavy atom. The molecule has 30 heavy (non-hydrogen) atoms. The Kier molecular flexibility index (Phi) is 6.53. The van der Waals surface area contributed by atoms with Crippen LogP contribution in [0.1, 0.15) is 54.6 Å². The first kappa shape index (κ1) is 21.1. The zero-order chi connectivity index (χ0) is 21.1. The summed E-state index contributed by atoms with van der Waals surface area (Å²) in [5.74, 6) is 0.163. The summed E-state index contributed by atoms with van der Waals surface area (Å²) in [6.45, 7) is 7.79. The predicted molar refractivity (Wildman–Crippen MR) is 116 cm³/mol. The smallest absolute Gasteiger partial charge is 0.265 e. The highest BCUT2D eigenvalue weighted by molar-refractivity contribution is 6.06. The summed E-state index contributed by atoms with van der Waals surface area (Å²) in [7, 11) is 1.62. The average Bonchev–Trinajstić information content (AvgIpc) is 3.11. The van der Waals surface area contributed by atoms with Crippen molar-refractivity contribution in [3.63, 3.8) is 0 Å². The molecule has 1 amide bonds. The highest BCUT2D eigenvalue weighted by Gasteiger charge is 2.25. The number of hydrogen-bond acceptors (Lipinski definition) is 6. The molecule has 0 aromatic carbocycles. The van der Waals surface area contributed by atoms with E-state index >= 15 is 0 Å². The molecule has 0 unspecified atom stereocenters. The minimum absolute atomic E-state index is 0.219. The van der Waals surface area contributed by atoms with Crippen molar-refractivity contribution >= 4 is 17.0 Å². The van der Waals surface area contributed by atoms with Crippen molar-refractivity contribution in [2.45, 2.75) is 51.5 Å². The first-order valence-electron chi connectivity index (χ1n) is 11.2. The minimum Gasteiger partial charge on any atom is -0.442 e. The summed E-state index contributed by atoms with van der Waals surface area (Å²) < 4.78 is 6.88. The Labute approximate surface area is 177 Å². The van der Waals surface area contributed by atoms with Crippen LogP contribution in [-0.2, 0) is 7.05 Å². The van der Waals surface area contributed by atoms with Gasteiger partial charge in [0.25, 0.3) is 11.5 Å². The van der Waals surface area contributed by atoms with Crippen molar-refractivity contribution in [3.8, 4) is 0 Å². The molecule has 0 bridgehead atoms. The molecule has 1 aliphatic heterocycles. The predicted octanol–water partition coefficient (Wildman–Crippen LogP) is 1.91. The molecule has 8 nitrogen and oxygen atoms in total. The van der Waals surface area contributed by atoms with Gasteiger partial charge in [-0.2, -0.15) is 0 Å². The van der Waals surface area contributed by atoms with Gasteiger partial charge < -0.3 is 19.2 Å². The van der Waals surface area contributed by atoms with E-state index in [9.17, 15) is 9.59 Å². The second-order valence-electron chi connectivity index (χ2n) is 8.65. The van der Waals surface area contributed by atoms with E-state index in [2.05, 4.69) is 20.1 Å². The quantitative estimate of drug-likeness (QED) is 0.726. The fourth-order valence-corrected chi connectivity index (χ4v) is 4.85. The number of rotatable bonds is 6. The van der Waals surface area contributed by atoms with Crippen LogP contribution >= 0.6 is 0 Å². The van der Waals surface area contributed by atoms with Crippen molar-refractivity contribution in [1.82, 2.24) is 24.7 Å². The number of carbonyl (C=O) groups is 1. The van der Waals surface area contributed by atoms with E-state index in [4.69, 9.17) is 4.42 Å². The van der Waals surface area contributed by atoms with E-state index in [1.165, 1.54) is 43.0 Å². The standard InChI is InChI=1S/C22H33N5O3/c1-16-18(19-21(30-16)24-15-25(2)22(19)29)20(28)23-9-6-10-26-11-13-27(14-12-26)17-7-4-3-5-8-17/h15,17H,3-14H2,1-2H3,(H,23,28). The summed E-state index contributed by atoms with van der Waals surface area (Å²) in [4.78, 5) is 34.4. The molecule has 3 heterocycles. The third-order valence-corrected chi connectivity index (χ3v) is 6.61. The molecular weight excluding hydrogens is 382 g/mol. The number of furan rings is 1. The molecule has 0 radical (unpaired) electrons. The lowest BCUT2D eigenvalue weighted by Crippen LogP contribution is -2.51. The molecule has 164 valence electrons. The summed E-state index contributed by atoms with van der Waals surface area (Å²) in [6, 6.07) is 0.801. The number of aryl methyl sites for hydroxylation is 2. The minimum atomic E-state index is -0.266. The highest BCUT2D eigenvalue weighted by atomic mass is 16.3. The number of piperazine rings is 1. The molecule has 1 saturated heterocycles. The van der Waals surface area contributed by atoms with Crippen LogP contribution in [0, 0.1) is 6.92 Å². The monoisotopic (exact) mass is 415 g/mol. The lowest BCUT2D eigenvalue weighted by atomic mass is 9.94. The number of carbonyl (C=O) groups excluding carboxylic acids is 1. The van der Waals surface area contributed by atoms with E-state index < -0.39 is 0 Å². The molecule has 4 rings (SSSR count). The maximum absolute atomic E-state index is 12.7.